The standard InChI is InChI=1S/C20H19BrNO5P/c21-19-17-9-5-4-8-15(17)10-11-18(19)20(23)22-16(13-27-28(24,25)26)12-14-6-2-1-3-7-14/h1-11,16H,12-13H2,(H,22,23)(H2,24,25,26). The Hall–Kier alpha value is -2.02. The number of phosphoric ester groups is 1. The minimum Gasteiger partial charge on any atom is -0.347 e. The third-order valence-corrected chi connectivity index (χ3v) is 5.55. The second-order valence-electron chi connectivity index (χ2n) is 6.29. The summed E-state index contributed by atoms with van der Waals surface area (Å²) in [6.45, 7) is -0.309. The summed E-state index contributed by atoms with van der Waals surface area (Å²) >= 11 is 3.49. The molecule has 0 aliphatic heterocycles. The van der Waals surface area contributed by atoms with E-state index in [9.17, 15) is 9.36 Å². The lowest BCUT2D eigenvalue weighted by Crippen LogP contribution is -2.39. The van der Waals surface area contributed by atoms with E-state index in [1.165, 1.54) is 0 Å². The van der Waals surface area contributed by atoms with Gasteiger partial charge in [0.25, 0.3) is 5.91 Å². The van der Waals surface area contributed by atoms with Crippen LogP contribution >= 0.6 is 23.8 Å². The van der Waals surface area contributed by atoms with Crippen LogP contribution in [-0.2, 0) is 15.5 Å². The fourth-order valence-electron chi connectivity index (χ4n) is 2.91. The molecule has 8 heteroatoms. The molecule has 6 nitrogen and oxygen atoms in total. The molecule has 3 aromatic rings. The number of nitrogens with one attached hydrogen (secondary N) is 1. The van der Waals surface area contributed by atoms with Crippen LogP contribution < -0.4 is 5.32 Å². The summed E-state index contributed by atoms with van der Waals surface area (Å²) in [5, 5.41) is 4.72. The number of fused-ring (bicyclic) bond motifs is 1. The van der Waals surface area contributed by atoms with Gasteiger partial charge in [0.2, 0.25) is 0 Å². The number of carbonyl (C=O) groups is 1. The molecule has 3 aromatic carbocycles. The van der Waals surface area contributed by atoms with Crippen LogP contribution in [0.25, 0.3) is 10.8 Å². The van der Waals surface area contributed by atoms with E-state index in [0.29, 0.717) is 16.5 Å². The van der Waals surface area contributed by atoms with Gasteiger partial charge >= 0.3 is 7.82 Å². The maximum atomic E-state index is 12.8. The van der Waals surface area contributed by atoms with Gasteiger partial charge in [-0.2, -0.15) is 0 Å². The molecule has 28 heavy (non-hydrogen) atoms. The van der Waals surface area contributed by atoms with Crippen molar-refractivity contribution in [3.8, 4) is 0 Å². The van der Waals surface area contributed by atoms with Crippen LogP contribution in [0.15, 0.2) is 71.2 Å². The smallest absolute Gasteiger partial charge is 0.347 e. The van der Waals surface area contributed by atoms with Crippen molar-refractivity contribution in [1.82, 2.24) is 5.32 Å². The maximum absolute atomic E-state index is 12.8. The molecule has 0 spiro atoms. The van der Waals surface area contributed by atoms with Crippen molar-refractivity contribution >= 4 is 40.4 Å². The summed E-state index contributed by atoms with van der Waals surface area (Å²) in [6.07, 6.45) is 0.373. The van der Waals surface area contributed by atoms with Crippen molar-refractivity contribution in [1.29, 1.82) is 0 Å². The molecule has 0 bridgehead atoms. The Morgan fingerprint density at radius 2 is 1.71 bits per heavy atom. The second-order valence-corrected chi connectivity index (χ2v) is 8.33. The highest BCUT2D eigenvalue weighted by atomic mass is 79.9. The summed E-state index contributed by atoms with van der Waals surface area (Å²) in [6, 6.07) is 20.0. The van der Waals surface area contributed by atoms with E-state index in [0.717, 1.165) is 16.3 Å². The van der Waals surface area contributed by atoms with Crippen LogP contribution in [0.3, 0.4) is 0 Å². The minimum atomic E-state index is -4.64. The maximum Gasteiger partial charge on any atom is 0.469 e. The van der Waals surface area contributed by atoms with Gasteiger partial charge in [0.05, 0.1) is 18.2 Å². The van der Waals surface area contributed by atoms with Crippen molar-refractivity contribution in [2.24, 2.45) is 0 Å². The van der Waals surface area contributed by atoms with Crippen molar-refractivity contribution in [3.05, 3.63) is 82.3 Å². The number of hydrogen-bond acceptors (Lipinski definition) is 3. The first kappa shape index (κ1) is 20.7. The number of halogens is 1. The van der Waals surface area contributed by atoms with Crippen LogP contribution in [0.2, 0.25) is 0 Å². The highest BCUT2D eigenvalue weighted by Crippen LogP contribution is 2.36. The molecule has 0 fully saturated rings. The summed E-state index contributed by atoms with van der Waals surface area (Å²) < 4.78 is 16.4. The monoisotopic (exact) mass is 463 g/mol. The third-order valence-electron chi connectivity index (χ3n) is 4.21. The number of rotatable bonds is 7. The Morgan fingerprint density at radius 1 is 1.04 bits per heavy atom. The predicted octanol–water partition coefficient (Wildman–Crippen LogP) is 4.05. The van der Waals surface area contributed by atoms with Crippen LogP contribution in [0.5, 0.6) is 0 Å². The van der Waals surface area contributed by atoms with E-state index in [2.05, 4.69) is 25.8 Å². The Morgan fingerprint density at radius 3 is 2.43 bits per heavy atom. The van der Waals surface area contributed by atoms with Crippen LogP contribution in [0.1, 0.15) is 15.9 Å². The lowest BCUT2D eigenvalue weighted by atomic mass is 10.0. The predicted molar refractivity (Wildman–Crippen MR) is 111 cm³/mol. The van der Waals surface area contributed by atoms with Gasteiger partial charge in [-0.05, 0) is 44.8 Å². The van der Waals surface area contributed by atoms with Crippen molar-refractivity contribution in [2.45, 2.75) is 12.5 Å². The zero-order chi connectivity index (χ0) is 20.1. The molecule has 0 saturated carbocycles. The highest BCUT2D eigenvalue weighted by Gasteiger charge is 2.22. The van der Waals surface area contributed by atoms with Gasteiger partial charge < -0.3 is 15.1 Å². The van der Waals surface area contributed by atoms with Crippen molar-refractivity contribution in [2.75, 3.05) is 6.61 Å². The largest absolute Gasteiger partial charge is 0.469 e. The number of hydrogen-bond donors (Lipinski definition) is 3. The van der Waals surface area contributed by atoms with Crippen LogP contribution in [-0.4, -0.2) is 28.3 Å². The number of amides is 1. The van der Waals surface area contributed by atoms with Gasteiger partial charge in [-0.3, -0.25) is 9.32 Å². The topological polar surface area (TPSA) is 95.9 Å². The van der Waals surface area contributed by atoms with Gasteiger partial charge in [-0.25, -0.2) is 4.57 Å². The molecule has 0 aliphatic rings. The molecule has 0 saturated heterocycles. The third kappa shape index (κ3) is 5.50. The molecule has 1 amide bonds. The average Bonchev–Trinajstić information content (AvgIpc) is 2.67. The Kier molecular flexibility index (Phi) is 6.65. The molecular weight excluding hydrogens is 445 g/mol. The lowest BCUT2D eigenvalue weighted by Gasteiger charge is -2.20. The van der Waals surface area contributed by atoms with Crippen LogP contribution in [0.4, 0.5) is 0 Å². The lowest BCUT2D eigenvalue weighted by molar-refractivity contribution is 0.0908. The first-order valence-electron chi connectivity index (χ1n) is 8.55. The normalized spacial score (nSPS) is 12.7. The van der Waals surface area contributed by atoms with Gasteiger partial charge in [0.15, 0.2) is 0 Å². The molecule has 1 atom stereocenters. The van der Waals surface area contributed by atoms with Crippen molar-refractivity contribution in [3.63, 3.8) is 0 Å². The molecule has 0 radical (unpaired) electrons. The molecular formula is C20H19BrNO5P. The highest BCUT2D eigenvalue weighted by molar-refractivity contribution is 9.10. The average molecular weight is 464 g/mol. The first-order chi connectivity index (χ1) is 13.3. The van der Waals surface area contributed by atoms with E-state index in [4.69, 9.17) is 9.79 Å². The zero-order valence-corrected chi connectivity index (χ0v) is 17.3. The quantitative estimate of drug-likeness (QED) is 0.459. The summed E-state index contributed by atoms with van der Waals surface area (Å²) in [5.41, 5.74) is 1.35. The second kappa shape index (κ2) is 8.99. The molecule has 0 aromatic heterocycles. The fraction of sp³-hybridized carbons (Fsp3) is 0.150. The summed E-state index contributed by atoms with van der Waals surface area (Å²) in [5.74, 6) is -0.354. The van der Waals surface area contributed by atoms with Gasteiger partial charge in [0, 0.05) is 4.47 Å². The van der Waals surface area contributed by atoms with E-state index in [-0.39, 0.29) is 12.5 Å². The molecule has 0 heterocycles. The van der Waals surface area contributed by atoms with Gasteiger partial charge in [0.1, 0.15) is 0 Å². The van der Waals surface area contributed by atoms with Gasteiger partial charge in [-0.1, -0.05) is 60.7 Å². The fourth-order valence-corrected chi connectivity index (χ4v) is 3.96. The van der Waals surface area contributed by atoms with E-state index in [1.54, 1.807) is 6.07 Å². The molecule has 0 aliphatic carbocycles. The number of carbonyl (C=O) groups excluding carboxylic acids is 1. The van der Waals surface area contributed by atoms with Crippen LogP contribution in [0, 0.1) is 0 Å². The Labute approximate surface area is 170 Å². The molecule has 1 unspecified atom stereocenters. The Bertz CT molecular complexity index is 1020. The SMILES string of the molecule is O=C(NC(COP(=O)(O)O)Cc1ccccc1)c1ccc2ccccc2c1Br. The zero-order valence-electron chi connectivity index (χ0n) is 14.8. The summed E-state index contributed by atoms with van der Waals surface area (Å²) in [4.78, 5) is 30.9. The van der Waals surface area contributed by atoms with E-state index < -0.39 is 13.9 Å². The molecule has 3 N–H and O–H groups in total. The van der Waals surface area contributed by atoms with Gasteiger partial charge in [-0.15, -0.1) is 0 Å². The van der Waals surface area contributed by atoms with E-state index in [1.807, 2.05) is 60.7 Å². The summed E-state index contributed by atoms with van der Waals surface area (Å²) in [7, 11) is -4.64. The van der Waals surface area contributed by atoms with Crippen molar-refractivity contribution < 1.29 is 23.7 Å². The number of benzene rings is 3. The van der Waals surface area contributed by atoms with E-state index >= 15 is 0 Å². The first-order valence-corrected chi connectivity index (χ1v) is 10.9. The molecule has 3 rings (SSSR count). The molecule has 146 valence electrons. The Balaban J connectivity index is 1.81. The number of phosphoric acid groups is 1. The minimum absolute atomic E-state index is 0.309.